The fraction of sp³-hybridized carbons (Fsp3) is 0.500. The third kappa shape index (κ3) is 3.81. The van der Waals surface area contributed by atoms with Crippen LogP contribution in [0.5, 0.6) is 0 Å². The SMILES string of the molecule is CC(CNc1cc(Cl)ccc1C(N)=S)N1CCCC1. The minimum absolute atomic E-state index is 0.396. The quantitative estimate of drug-likeness (QED) is 0.820. The summed E-state index contributed by atoms with van der Waals surface area (Å²) < 4.78 is 0. The Kier molecular flexibility index (Phi) is 5.02. The Morgan fingerprint density at radius 2 is 2.16 bits per heavy atom. The van der Waals surface area contributed by atoms with Gasteiger partial charge in [0.2, 0.25) is 0 Å². The molecule has 19 heavy (non-hydrogen) atoms. The average Bonchev–Trinajstić information content (AvgIpc) is 2.89. The number of nitrogens with two attached hydrogens (primary N) is 1. The number of likely N-dealkylation sites (tertiary alicyclic amines) is 1. The Morgan fingerprint density at radius 3 is 2.79 bits per heavy atom. The predicted octanol–water partition coefficient (Wildman–Crippen LogP) is 2.87. The molecule has 1 fully saturated rings. The van der Waals surface area contributed by atoms with E-state index >= 15 is 0 Å². The maximum absolute atomic E-state index is 6.03. The molecule has 1 saturated heterocycles. The first-order valence-corrected chi connectivity index (χ1v) is 7.44. The Balaban J connectivity index is 2.01. The van der Waals surface area contributed by atoms with Crippen molar-refractivity contribution < 1.29 is 0 Å². The fourth-order valence-electron chi connectivity index (χ4n) is 2.45. The highest BCUT2D eigenvalue weighted by Crippen LogP contribution is 2.21. The van der Waals surface area contributed by atoms with Crippen LogP contribution in [0.3, 0.4) is 0 Å². The van der Waals surface area contributed by atoms with Gasteiger partial charge in [-0.25, -0.2) is 0 Å². The molecule has 0 spiro atoms. The van der Waals surface area contributed by atoms with E-state index in [0.717, 1.165) is 17.8 Å². The van der Waals surface area contributed by atoms with Gasteiger partial charge in [0.05, 0.1) is 0 Å². The maximum atomic E-state index is 6.03. The van der Waals surface area contributed by atoms with Gasteiger partial charge in [-0.05, 0) is 51.1 Å². The number of nitrogens with one attached hydrogen (secondary N) is 1. The molecule has 1 heterocycles. The normalized spacial score (nSPS) is 17.4. The van der Waals surface area contributed by atoms with Crippen molar-refractivity contribution in [1.82, 2.24) is 4.90 Å². The zero-order valence-corrected chi connectivity index (χ0v) is 12.7. The van der Waals surface area contributed by atoms with Crippen molar-refractivity contribution in [3.63, 3.8) is 0 Å². The molecule has 0 aliphatic carbocycles. The van der Waals surface area contributed by atoms with E-state index in [1.807, 2.05) is 18.2 Å². The van der Waals surface area contributed by atoms with Gasteiger partial charge in [0.25, 0.3) is 0 Å². The largest absolute Gasteiger partial charge is 0.389 e. The van der Waals surface area contributed by atoms with Crippen LogP contribution in [0.2, 0.25) is 5.02 Å². The predicted molar refractivity (Wildman–Crippen MR) is 86.1 cm³/mol. The van der Waals surface area contributed by atoms with E-state index in [0.29, 0.717) is 16.1 Å². The van der Waals surface area contributed by atoms with Gasteiger partial charge in [0.1, 0.15) is 4.99 Å². The second-order valence-electron chi connectivity index (χ2n) is 5.03. The van der Waals surface area contributed by atoms with E-state index in [-0.39, 0.29) is 0 Å². The summed E-state index contributed by atoms with van der Waals surface area (Å²) in [5.41, 5.74) is 7.51. The first-order chi connectivity index (χ1) is 9.08. The molecule has 0 amide bonds. The summed E-state index contributed by atoms with van der Waals surface area (Å²) in [6.07, 6.45) is 2.61. The number of thiocarbonyl (C=S) groups is 1. The zero-order chi connectivity index (χ0) is 13.8. The van der Waals surface area contributed by atoms with Crippen LogP contribution in [-0.2, 0) is 0 Å². The minimum atomic E-state index is 0.396. The molecule has 0 bridgehead atoms. The van der Waals surface area contributed by atoms with Gasteiger partial charge in [-0.3, -0.25) is 4.90 Å². The molecular weight excluding hydrogens is 278 g/mol. The van der Waals surface area contributed by atoms with Crippen molar-refractivity contribution in [1.29, 1.82) is 0 Å². The van der Waals surface area contributed by atoms with E-state index < -0.39 is 0 Å². The van der Waals surface area contributed by atoms with Crippen molar-refractivity contribution in [2.45, 2.75) is 25.8 Å². The number of halogens is 1. The van der Waals surface area contributed by atoms with E-state index in [1.165, 1.54) is 25.9 Å². The molecule has 0 radical (unpaired) electrons. The van der Waals surface area contributed by atoms with Gasteiger partial charge in [-0.15, -0.1) is 0 Å². The van der Waals surface area contributed by atoms with Gasteiger partial charge in [0, 0.05) is 28.9 Å². The van der Waals surface area contributed by atoms with Crippen LogP contribution in [0.25, 0.3) is 0 Å². The first kappa shape index (κ1) is 14.6. The van der Waals surface area contributed by atoms with Crippen LogP contribution >= 0.6 is 23.8 Å². The molecule has 1 aromatic rings. The number of hydrogen-bond acceptors (Lipinski definition) is 3. The third-order valence-electron chi connectivity index (χ3n) is 3.60. The van der Waals surface area contributed by atoms with E-state index in [4.69, 9.17) is 29.6 Å². The van der Waals surface area contributed by atoms with Crippen LogP contribution in [-0.4, -0.2) is 35.6 Å². The van der Waals surface area contributed by atoms with Gasteiger partial charge in [-0.1, -0.05) is 23.8 Å². The summed E-state index contributed by atoms with van der Waals surface area (Å²) in [6.45, 7) is 5.50. The monoisotopic (exact) mass is 297 g/mol. The third-order valence-corrected chi connectivity index (χ3v) is 4.05. The Labute approximate surface area is 125 Å². The molecule has 1 aromatic carbocycles. The van der Waals surface area contributed by atoms with Crippen LogP contribution in [0.1, 0.15) is 25.3 Å². The molecule has 104 valence electrons. The molecule has 2 rings (SSSR count). The lowest BCUT2D eigenvalue weighted by atomic mass is 10.1. The summed E-state index contributed by atoms with van der Waals surface area (Å²) >= 11 is 11.1. The van der Waals surface area contributed by atoms with Crippen molar-refractivity contribution in [3.8, 4) is 0 Å². The van der Waals surface area contributed by atoms with Crippen LogP contribution in [0, 0.1) is 0 Å². The molecule has 3 N–H and O–H groups in total. The fourth-order valence-corrected chi connectivity index (χ4v) is 2.80. The summed E-state index contributed by atoms with van der Waals surface area (Å²) in [5, 5.41) is 4.11. The van der Waals surface area contributed by atoms with Crippen molar-refractivity contribution in [3.05, 3.63) is 28.8 Å². The Morgan fingerprint density at radius 1 is 1.47 bits per heavy atom. The maximum Gasteiger partial charge on any atom is 0.106 e. The second kappa shape index (κ2) is 6.55. The molecule has 5 heteroatoms. The Bertz CT molecular complexity index is 458. The molecule has 3 nitrogen and oxygen atoms in total. The van der Waals surface area contributed by atoms with Crippen LogP contribution < -0.4 is 11.1 Å². The number of benzene rings is 1. The first-order valence-electron chi connectivity index (χ1n) is 6.65. The lowest BCUT2D eigenvalue weighted by molar-refractivity contribution is 0.269. The van der Waals surface area contributed by atoms with Crippen LogP contribution in [0.15, 0.2) is 18.2 Å². The molecule has 1 unspecified atom stereocenters. The molecule has 1 aliphatic rings. The highest BCUT2D eigenvalue weighted by molar-refractivity contribution is 7.80. The van der Waals surface area contributed by atoms with E-state index in [9.17, 15) is 0 Å². The standard InChI is InChI=1S/C14H20ClN3S/c1-10(18-6-2-3-7-18)9-17-13-8-11(15)4-5-12(13)14(16)19/h4-5,8,10,17H,2-3,6-7,9H2,1H3,(H2,16,19). The number of nitrogens with zero attached hydrogens (tertiary/aromatic N) is 1. The van der Waals surface area contributed by atoms with Gasteiger partial charge < -0.3 is 11.1 Å². The lowest BCUT2D eigenvalue weighted by Gasteiger charge is -2.25. The average molecular weight is 298 g/mol. The number of hydrogen-bond donors (Lipinski definition) is 2. The Hall–Kier alpha value is -0.840. The summed E-state index contributed by atoms with van der Waals surface area (Å²) in [7, 11) is 0. The summed E-state index contributed by atoms with van der Waals surface area (Å²) in [6, 6.07) is 6.06. The van der Waals surface area contributed by atoms with Crippen molar-refractivity contribution >= 4 is 34.5 Å². The van der Waals surface area contributed by atoms with E-state index in [1.54, 1.807) is 0 Å². The summed E-state index contributed by atoms with van der Waals surface area (Å²) in [5.74, 6) is 0. The molecule has 1 aliphatic heterocycles. The van der Waals surface area contributed by atoms with Gasteiger partial charge >= 0.3 is 0 Å². The lowest BCUT2D eigenvalue weighted by Crippen LogP contribution is -2.35. The number of anilines is 1. The number of rotatable bonds is 5. The minimum Gasteiger partial charge on any atom is -0.389 e. The highest BCUT2D eigenvalue weighted by atomic mass is 35.5. The van der Waals surface area contributed by atoms with Gasteiger partial charge in [-0.2, -0.15) is 0 Å². The molecular formula is C14H20ClN3S. The highest BCUT2D eigenvalue weighted by Gasteiger charge is 2.18. The van der Waals surface area contributed by atoms with Gasteiger partial charge in [0.15, 0.2) is 0 Å². The smallest absolute Gasteiger partial charge is 0.106 e. The molecule has 1 atom stereocenters. The van der Waals surface area contributed by atoms with Crippen molar-refractivity contribution in [2.24, 2.45) is 5.73 Å². The van der Waals surface area contributed by atoms with E-state index in [2.05, 4.69) is 17.1 Å². The molecule has 0 aromatic heterocycles. The topological polar surface area (TPSA) is 41.3 Å². The summed E-state index contributed by atoms with van der Waals surface area (Å²) in [4.78, 5) is 2.89. The van der Waals surface area contributed by atoms with Crippen LogP contribution in [0.4, 0.5) is 5.69 Å². The van der Waals surface area contributed by atoms with Crippen molar-refractivity contribution in [2.75, 3.05) is 25.0 Å². The second-order valence-corrected chi connectivity index (χ2v) is 5.90. The molecule has 0 saturated carbocycles. The zero-order valence-electron chi connectivity index (χ0n) is 11.2.